The summed E-state index contributed by atoms with van der Waals surface area (Å²) in [4.78, 5) is 2.36. The van der Waals surface area contributed by atoms with Crippen molar-refractivity contribution in [2.75, 3.05) is 20.2 Å². The number of rotatable bonds is 3. The highest BCUT2D eigenvalue weighted by Crippen LogP contribution is 2.25. The van der Waals surface area contributed by atoms with Gasteiger partial charge >= 0.3 is 0 Å². The minimum atomic E-state index is 0.142. The fourth-order valence-corrected chi connectivity index (χ4v) is 2.46. The monoisotopic (exact) mass is 255 g/mol. The molecule has 0 spiro atoms. The Morgan fingerprint density at radius 1 is 1.53 bits per heavy atom. The first-order chi connectivity index (χ1) is 8.19. The lowest BCUT2D eigenvalue weighted by molar-refractivity contribution is 0.0285. The van der Waals surface area contributed by atoms with Crippen LogP contribution in [0.2, 0.25) is 5.02 Å². The lowest BCUT2D eigenvalue weighted by atomic mass is 10.1. The highest BCUT2D eigenvalue weighted by Gasteiger charge is 2.19. The number of halogens is 1. The second-order valence-electron chi connectivity index (χ2n) is 4.52. The van der Waals surface area contributed by atoms with Crippen molar-refractivity contribution in [2.45, 2.75) is 25.5 Å². The van der Waals surface area contributed by atoms with Crippen molar-refractivity contribution in [2.24, 2.45) is 0 Å². The average molecular weight is 256 g/mol. The summed E-state index contributed by atoms with van der Waals surface area (Å²) >= 11 is 5.89. The van der Waals surface area contributed by atoms with Crippen molar-refractivity contribution in [1.82, 2.24) is 4.90 Å². The van der Waals surface area contributed by atoms with Gasteiger partial charge in [-0.25, -0.2) is 0 Å². The SMILES string of the molecule is COC1CCCN(Cc2ccc(O)c(Cl)c2)C1. The highest BCUT2D eigenvalue weighted by atomic mass is 35.5. The van der Waals surface area contributed by atoms with Crippen molar-refractivity contribution in [1.29, 1.82) is 0 Å². The average Bonchev–Trinajstić information content (AvgIpc) is 2.34. The predicted molar refractivity (Wildman–Crippen MR) is 68.4 cm³/mol. The summed E-state index contributed by atoms with van der Waals surface area (Å²) in [6.45, 7) is 2.92. The first kappa shape index (κ1) is 12.7. The highest BCUT2D eigenvalue weighted by molar-refractivity contribution is 6.32. The first-order valence-corrected chi connectivity index (χ1v) is 6.29. The van der Waals surface area contributed by atoms with Gasteiger partial charge in [0, 0.05) is 20.2 Å². The number of likely N-dealkylation sites (tertiary alicyclic amines) is 1. The van der Waals surface area contributed by atoms with E-state index in [4.69, 9.17) is 16.3 Å². The number of benzene rings is 1. The molecule has 1 aliphatic heterocycles. The third-order valence-electron chi connectivity index (χ3n) is 3.21. The smallest absolute Gasteiger partial charge is 0.134 e. The van der Waals surface area contributed by atoms with Crippen LogP contribution in [0.3, 0.4) is 0 Å². The zero-order valence-corrected chi connectivity index (χ0v) is 10.8. The van der Waals surface area contributed by atoms with E-state index in [1.54, 1.807) is 13.2 Å². The van der Waals surface area contributed by atoms with E-state index in [1.807, 2.05) is 12.1 Å². The van der Waals surface area contributed by atoms with E-state index in [0.717, 1.165) is 31.6 Å². The molecule has 1 fully saturated rings. The van der Waals surface area contributed by atoms with Gasteiger partial charge in [-0.1, -0.05) is 17.7 Å². The molecule has 1 unspecified atom stereocenters. The van der Waals surface area contributed by atoms with Crippen LogP contribution in [0, 0.1) is 0 Å². The molecule has 0 bridgehead atoms. The molecule has 1 aromatic rings. The number of ether oxygens (including phenoxy) is 1. The number of hydrogen-bond acceptors (Lipinski definition) is 3. The van der Waals surface area contributed by atoms with Gasteiger partial charge in [-0.3, -0.25) is 4.90 Å². The number of piperidine rings is 1. The number of methoxy groups -OCH3 is 1. The topological polar surface area (TPSA) is 32.7 Å². The summed E-state index contributed by atoms with van der Waals surface area (Å²) in [6.07, 6.45) is 2.66. The van der Waals surface area contributed by atoms with Crippen LogP contribution in [0.5, 0.6) is 5.75 Å². The fourth-order valence-electron chi connectivity index (χ4n) is 2.26. The molecule has 1 heterocycles. The molecular weight excluding hydrogens is 238 g/mol. The van der Waals surface area contributed by atoms with Gasteiger partial charge in [0.15, 0.2) is 0 Å². The molecule has 1 saturated heterocycles. The van der Waals surface area contributed by atoms with E-state index in [2.05, 4.69) is 4.90 Å². The van der Waals surface area contributed by atoms with Gasteiger partial charge in [0.2, 0.25) is 0 Å². The Bertz CT molecular complexity index is 384. The quantitative estimate of drug-likeness (QED) is 0.901. The maximum Gasteiger partial charge on any atom is 0.134 e. The molecule has 1 atom stereocenters. The maximum atomic E-state index is 9.36. The molecule has 94 valence electrons. The van der Waals surface area contributed by atoms with E-state index in [0.29, 0.717) is 11.1 Å². The molecule has 1 aliphatic rings. The number of phenolic OH excluding ortho intramolecular Hbond substituents is 1. The predicted octanol–water partition coefficient (Wildman–Crippen LogP) is 2.66. The normalized spacial score (nSPS) is 21.6. The van der Waals surface area contributed by atoms with E-state index in [9.17, 15) is 5.11 Å². The zero-order chi connectivity index (χ0) is 12.3. The molecule has 2 rings (SSSR count). The molecule has 0 saturated carbocycles. The molecule has 3 nitrogen and oxygen atoms in total. The summed E-state index contributed by atoms with van der Waals surface area (Å²) in [6, 6.07) is 5.39. The van der Waals surface area contributed by atoms with Gasteiger partial charge in [0.25, 0.3) is 0 Å². The Morgan fingerprint density at radius 3 is 3.06 bits per heavy atom. The van der Waals surface area contributed by atoms with Crippen LogP contribution in [0.1, 0.15) is 18.4 Å². The van der Waals surface area contributed by atoms with Crippen molar-refractivity contribution in [3.63, 3.8) is 0 Å². The molecule has 0 aliphatic carbocycles. The summed E-state index contributed by atoms with van der Waals surface area (Å²) in [5.74, 6) is 0.142. The Labute approximate surface area is 107 Å². The van der Waals surface area contributed by atoms with Gasteiger partial charge in [0.1, 0.15) is 5.75 Å². The maximum absolute atomic E-state index is 9.36. The van der Waals surface area contributed by atoms with Crippen LogP contribution >= 0.6 is 11.6 Å². The molecule has 1 aromatic carbocycles. The minimum absolute atomic E-state index is 0.142. The summed E-state index contributed by atoms with van der Waals surface area (Å²) < 4.78 is 5.39. The van der Waals surface area contributed by atoms with Crippen molar-refractivity contribution in [3.8, 4) is 5.75 Å². The van der Waals surface area contributed by atoms with Gasteiger partial charge in [-0.05, 0) is 37.1 Å². The Hall–Kier alpha value is -0.770. The van der Waals surface area contributed by atoms with Crippen LogP contribution < -0.4 is 0 Å². The lowest BCUT2D eigenvalue weighted by Gasteiger charge is -2.31. The van der Waals surface area contributed by atoms with E-state index < -0.39 is 0 Å². The third kappa shape index (κ3) is 3.35. The first-order valence-electron chi connectivity index (χ1n) is 5.91. The molecule has 0 radical (unpaired) electrons. The third-order valence-corrected chi connectivity index (χ3v) is 3.52. The zero-order valence-electron chi connectivity index (χ0n) is 10.0. The molecule has 0 aromatic heterocycles. The van der Waals surface area contributed by atoms with Crippen LogP contribution in [-0.4, -0.2) is 36.3 Å². The van der Waals surface area contributed by atoms with E-state index >= 15 is 0 Å². The van der Waals surface area contributed by atoms with Crippen LogP contribution in [-0.2, 0) is 11.3 Å². The van der Waals surface area contributed by atoms with Crippen LogP contribution in [0.15, 0.2) is 18.2 Å². The number of aromatic hydroxyl groups is 1. The Morgan fingerprint density at radius 2 is 2.35 bits per heavy atom. The number of phenols is 1. The number of nitrogens with zero attached hydrogens (tertiary/aromatic N) is 1. The van der Waals surface area contributed by atoms with Gasteiger partial charge < -0.3 is 9.84 Å². The van der Waals surface area contributed by atoms with Crippen molar-refractivity contribution in [3.05, 3.63) is 28.8 Å². The van der Waals surface area contributed by atoms with Gasteiger partial charge in [0.05, 0.1) is 11.1 Å². The molecule has 4 heteroatoms. The van der Waals surface area contributed by atoms with Crippen LogP contribution in [0.25, 0.3) is 0 Å². The van der Waals surface area contributed by atoms with Crippen molar-refractivity contribution >= 4 is 11.6 Å². The largest absolute Gasteiger partial charge is 0.506 e. The summed E-state index contributed by atoms with van der Waals surface area (Å²) in [7, 11) is 1.77. The van der Waals surface area contributed by atoms with Crippen LogP contribution in [0.4, 0.5) is 0 Å². The molecular formula is C13H18ClNO2. The fraction of sp³-hybridized carbons (Fsp3) is 0.538. The molecule has 1 N–H and O–H groups in total. The summed E-state index contributed by atoms with van der Waals surface area (Å²) in [5.41, 5.74) is 1.13. The second-order valence-corrected chi connectivity index (χ2v) is 4.93. The Balaban J connectivity index is 1.97. The van der Waals surface area contributed by atoms with Crippen molar-refractivity contribution < 1.29 is 9.84 Å². The van der Waals surface area contributed by atoms with E-state index in [-0.39, 0.29) is 5.75 Å². The number of hydrogen-bond donors (Lipinski definition) is 1. The van der Waals surface area contributed by atoms with Gasteiger partial charge in [-0.15, -0.1) is 0 Å². The lowest BCUT2D eigenvalue weighted by Crippen LogP contribution is -2.38. The standard InChI is InChI=1S/C13H18ClNO2/c1-17-11-3-2-6-15(9-11)8-10-4-5-13(16)12(14)7-10/h4-5,7,11,16H,2-3,6,8-9H2,1H3. The summed E-state index contributed by atoms with van der Waals surface area (Å²) in [5, 5.41) is 9.78. The minimum Gasteiger partial charge on any atom is -0.506 e. The van der Waals surface area contributed by atoms with Gasteiger partial charge in [-0.2, -0.15) is 0 Å². The Kier molecular flexibility index (Phi) is 4.26. The second kappa shape index (κ2) is 5.71. The molecule has 17 heavy (non-hydrogen) atoms. The van der Waals surface area contributed by atoms with E-state index in [1.165, 1.54) is 6.42 Å². The molecule has 0 amide bonds.